The van der Waals surface area contributed by atoms with Gasteiger partial charge in [-0.15, -0.1) is 0 Å². The summed E-state index contributed by atoms with van der Waals surface area (Å²) in [5.41, 5.74) is 0. The number of methoxy groups -OCH3 is 1. The molecule has 1 unspecified atom stereocenters. The fourth-order valence-corrected chi connectivity index (χ4v) is 2.03. The van der Waals surface area contributed by atoms with Gasteiger partial charge >= 0.3 is 0 Å². The van der Waals surface area contributed by atoms with Crippen LogP contribution in [0, 0.1) is 5.92 Å². The standard InChI is InChI=1S/C11H22N2O2/c1-10-4-3-6-13(8-10)7-5-12-11(14)9-15-2/h10H,3-9H2,1-2H3,(H,12,14). The van der Waals surface area contributed by atoms with Crippen molar-refractivity contribution in [2.45, 2.75) is 19.8 Å². The molecule has 88 valence electrons. The maximum atomic E-state index is 11.1. The molecule has 1 N–H and O–H groups in total. The van der Waals surface area contributed by atoms with E-state index in [2.05, 4.69) is 17.1 Å². The fraction of sp³-hybridized carbons (Fsp3) is 0.909. The van der Waals surface area contributed by atoms with E-state index in [1.165, 1.54) is 33.0 Å². The first-order valence-electron chi connectivity index (χ1n) is 5.70. The lowest BCUT2D eigenvalue weighted by Gasteiger charge is -2.30. The predicted octanol–water partition coefficient (Wildman–Crippen LogP) is 0.481. The third-order valence-electron chi connectivity index (χ3n) is 2.77. The maximum absolute atomic E-state index is 11.1. The predicted molar refractivity (Wildman–Crippen MR) is 59.7 cm³/mol. The van der Waals surface area contributed by atoms with Crippen molar-refractivity contribution < 1.29 is 9.53 Å². The molecule has 0 bridgehead atoms. The smallest absolute Gasteiger partial charge is 0.246 e. The first-order chi connectivity index (χ1) is 7.22. The Morgan fingerprint density at radius 3 is 3.07 bits per heavy atom. The van der Waals surface area contributed by atoms with Crippen molar-refractivity contribution in [1.29, 1.82) is 0 Å². The van der Waals surface area contributed by atoms with Crippen LogP contribution in [0.5, 0.6) is 0 Å². The van der Waals surface area contributed by atoms with Gasteiger partial charge in [-0.2, -0.15) is 0 Å². The number of carbonyl (C=O) groups excluding carboxylic acids is 1. The van der Waals surface area contributed by atoms with Crippen LogP contribution in [0.4, 0.5) is 0 Å². The quantitative estimate of drug-likeness (QED) is 0.724. The molecule has 0 saturated carbocycles. The van der Waals surface area contributed by atoms with E-state index in [9.17, 15) is 4.79 Å². The van der Waals surface area contributed by atoms with Crippen LogP contribution < -0.4 is 5.32 Å². The number of likely N-dealkylation sites (tertiary alicyclic amines) is 1. The average Bonchev–Trinajstić information content (AvgIpc) is 2.18. The van der Waals surface area contributed by atoms with Crippen molar-refractivity contribution in [3.8, 4) is 0 Å². The van der Waals surface area contributed by atoms with Gasteiger partial charge in [-0.25, -0.2) is 0 Å². The van der Waals surface area contributed by atoms with Gasteiger partial charge in [0, 0.05) is 26.7 Å². The Labute approximate surface area is 92.0 Å². The van der Waals surface area contributed by atoms with E-state index in [4.69, 9.17) is 4.74 Å². The summed E-state index contributed by atoms with van der Waals surface area (Å²) < 4.78 is 4.74. The monoisotopic (exact) mass is 214 g/mol. The largest absolute Gasteiger partial charge is 0.375 e. The molecule has 15 heavy (non-hydrogen) atoms. The molecular weight excluding hydrogens is 192 g/mol. The molecule has 0 aromatic rings. The zero-order valence-electron chi connectivity index (χ0n) is 9.79. The van der Waals surface area contributed by atoms with Crippen LogP contribution in [0.25, 0.3) is 0 Å². The zero-order valence-corrected chi connectivity index (χ0v) is 9.79. The number of amides is 1. The summed E-state index contributed by atoms with van der Waals surface area (Å²) in [6, 6.07) is 0. The lowest BCUT2D eigenvalue weighted by molar-refractivity contribution is -0.124. The van der Waals surface area contributed by atoms with Gasteiger partial charge in [0.25, 0.3) is 0 Å². The van der Waals surface area contributed by atoms with Crippen LogP contribution in [0.1, 0.15) is 19.8 Å². The van der Waals surface area contributed by atoms with Crippen LogP contribution in [0.3, 0.4) is 0 Å². The van der Waals surface area contributed by atoms with Crippen molar-refractivity contribution in [2.75, 3.05) is 39.9 Å². The van der Waals surface area contributed by atoms with Crippen LogP contribution in [-0.2, 0) is 9.53 Å². The third kappa shape index (κ3) is 5.14. The van der Waals surface area contributed by atoms with Gasteiger partial charge in [-0.1, -0.05) is 6.92 Å². The molecule has 4 heteroatoms. The second kappa shape index (κ2) is 6.80. The Morgan fingerprint density at radius 2 is 2.40 bits per heavy atom. The Bertz CT molecular complexity index is 197. The molecule has 1 aliphatic heterocycles. The van der Waals surface area contributed by atoms with Gasteiger partial charge in [0.15, 0.2) is 0 Å². The van der Waals surface area contributed by atoms with Crippen molar-refractivity contribution in [3.63, 3.8) is 0 Å². The molecule has 0 aliphatic carbocycles. The number of rotatable bonds is 5. The SMILES string of the molecule is COCC(=O)NCCN1CCCC(C)C1. The maximum Gasteiger partial charge on any atom is 0.246 e. The molecule has 0 aromatic carbocycles. The Hall–Kier alpha value is -0.610. The second-order valence-electron chi connectivity index (χ2n) is 4.33. The summed E-state index contributed by atoms with van der Waals surface area (Å²) in [5, 5.41) is 2.84. The number of ether oxygens (including phenoxy) is 1. The van der Waals surface area contributed by atoms with E-state index in [-0.39, 0.29) is 12.5 Å². The lowest BCUT2D eigenvalue weighted by Crippen LogP contribution is -2.40. The minimum absolute atomic E-state index is 0.0254. The van der Waals surface area contributed by atoms with E-state index in [1.54, 1.807) is 0 Å². The lowest BCUT2D eigenvalue weighted by atomic mass is 10.0. The number of carbonyl (C=O) groups is 1. The molecule has 0 spiro atoms. The van der Waals surface area contributed by atoms with Crippen LogP contribution in [0.2, 0.25) is 0 Å². The molecule has 0 radical (unpaired) electrons. The first-order valence-corrected chi connectivity index (χ1v) is 5.70. The highest BCUT2D eigenvalue weighted by Gasteiger charge is 2.15. The van der Waals surface area contributed by atoms with Gasteiger partial charge < -0.3 is 15.0 Å². The molecule has 1 fully saturated rings. The highest BCUT2D eigenvalue weighted by molar-refractivity contribution is 5.77. The number of piperidine rings is 1. The summed E-state index contributed by atoms with van der Waals surface area (Å²) in [4.78, 5) is 13.5. The fourth-order valence-electron chi connectivity index (χ4n) is 2.03. The highest BCUT2D eigenvalue weighted by Crippen LogP contribution is 2.14. The number of hydrogen-bond acceptors (Lipinski definition) is 3. The van der Waals surface area contributed by atoms with Crippen LogP contribution >= 0.6 is 0 Å². The number of hydrogen-bond donors (Lipinski definition) is 1. The highest BCUT2D eigenvalue weighted by atomic mass is 16.5. The third-order valence-corrected chi connectivity index (χ3v) is 2.77. The van der Waals surface area contributed by atoms with Gasteiger partial charge in [-0.05, 0) is 25.3 Å². The van der Waals surface area contributed by atoms with Crippen molar-refractivity contribution in [2.24, 2.45) is 5.92 Å². The Balaban J connectivity index is 2.06. The van der Waals surface area contributed by atoms with E-state index < -0.39 is 0 Å². The van der Waals surface area contributed by atoms with Crippen LogP contribution in [0.15, 0.2) is 0 Å². The summed E-state index contributed by atoms with van der Waals surface area (Å²) in [6.45, 7) is 6.48. The van der Waals surface area contributed by atoms with E-state index in [0.29, 0.717) is 0 Å². The minimum atomic E-state index is -0.0254. The van der Waals surface area contributed by atoms with Crippen LogP contribution in [-0.4, -0.2) is 50.7 Å². The van der Waals surface area contributed by atoms with Crippen molar-refractivity contribution in [3.05, 3.63) is 0 Å². The molecule has 1 amide bonds. The number of nitrogens with one attached hydrogen (secondary N) is 1. The molecule has 1 atom stereocenters. The van der Waals surface area contributed by atoms with Gasteiger partial charge in [0.05, 0.1) is 0 Å². The topological polar surface area (TPSA) is 41.6 Å². The van der Waals surface area contributed by atoms with Gasteiger partial charge in [0.1, 0.15) is 6.61 Å². The average molecular weight is 214 g/mol. The summed E-state index contributed by atoms with van der Waals surface area (Å²) in [6.07, 6.45) is 2.62. The van der Waals surface area contributed by atoms with Gasteiger partial charge in [-0.3, -0.25) is 4.79 Å². The molecular formula is C11H22N2O2. The van der Waals surface area contributed by atoms with E-state index in [0.717, 1.165) is 19.0 Å². The summed E-state index contributed by atoms with van der Waals surface area (Å²) >= 11 is 0. The molecule has 0 aromatic heterocycles. The van der Waals surface area contributed by atoms with E-state index in [1.807, 2.05) is 0 Å². The molecule has 1 heterocycles. The zero-order chi connectivity index (χ0) is 11.1. The Morgan fingerprint density at radius 1 is 1.60 bits per heavy atom. The van der Waals surface area contributed by atoms with Crippen molar-refractivity contribution in [1.82, 2.24) is 10.2 Å². The molecule has 4 nitrogen and oxygen atoms in total. The van der Waals surface area contributed by atoms with Crippen molar-refractivity contribution >= 4 is 5.91 Å². The second-order valence-corrected chi connectivity index (χ2v) is 4.33. The molecule has 1 saturated heterocycles. The minimum Gasteiger partial charge on any atom is -0.375 e. The molecule has 1 aliphatic rings. The normalized spacial score (nSPS) is 22.7. The summed E-state index contributed by atoms with van der Waals surface area (Å²) in [7, 11) is 1.53. The number of nitrogens with zero attached hydrogens (tertiary/aromatic N) is 1. The first kappa shape index (κ1) is 12.5. The summed E-state index contributed by atoms with van der Waals surface area (Å²) in [5.74, 6) is 0.774. The van der Waals surface area contributed by atoms with E-state index >= 15 is 0 Å². The molecule has 1 rings (SSSR count). The van der Waals surface area contributed by atoms with Gasteiger partial charge in [0.2, 0.25) is 5.91 Å². The Kier molecular flexibility index (Phi) is 5.65.